The molecule has 6 heteroatoms. The largest absolute Gasteiger partial charge is 0.323 e. The van der Waals surface area contributed by atoms with Gasteiger partial charge < -0.3 is 14.8 Å². The molecule has 6 rings (SSSR count). The maximum atomic E-state index is 13.8. The standard InChI is InChI=1S/C26H25N3OS2/c1-17-10-12-18(13-11-17)27-26(30)29-16-20-19-6-2-3-8-22(19)32-25(20)28-14-4-7-21(28)24(29)23-9-5-15-31-23/h4-5,7,9-15,24H,2-3,6,8,16H2,1H3,(H,27,30)/t24-/m0/s1. The highest BCUT2D eigenvalue weighted by atomic mass is 32.1. The van der Waals surface area contributed by atoms with Gasteiger partial charge in [-0.15, -0.1) is 22.7 Å². The van der Waals surface area contributed by atoms with Crippen LogP contribution in [0.5, 0.6) is 0 Å². The normalized spacial score (nSPS) is 17.3. The molecule has 1 N–H and O–H groups in total. The summed E-state index contributed by atoms with van der Waals surface area (Å²) in [7, 11) is 0. The monoisotopic (exact) mass is 459 g/mol. The van der Waals surface area contributed by atoms with Gasteiger partial charge in [0, 0.05) is 27.2 Å². The average molecular weight is 460 g/mol. The van der Waals surface area contributed by atoms with Gasteiger partial charge in [0.1, 0.15) is 11.0 Å². The Morgan fingerprint density at radius 3 is 2.69 bits per heavy atom. The second kappa shape index (κ2) is 7.94. The number of aryl methyl sites for hydroxylation is 2. The van der Waals surface area contributed by atoms with Crippen molar-refractivity contribution in [2.24, 2.45) is 0 Å². The molecule has 3 aromatic heterocycles. The molecule has 1 aromatic carbocycles. The summed E-state index contributed by atoms with van der Waals surface area (Å²) in [5, 5.41) is 6.56. The number of nitrogens with zero attached hydrogens (tertiary/aromatic N) is 2. The molecule has 0 bridgehead atoms. The number of hydrogen-bond donors (Lipinski definition) is 1. The fourth-order valence-corrected chi connectivity index (χ4v) is 7.22. The Morgan fingerprint density at radius 1 is 1.03 bits per heavy atom. The maximum absolute atomic E-state index is 13.8. The number of fused-ring (bicyclic) bond motifs is 5. The Balaban J connectivity index is 1.48. The minimum atomic E-state index is -0.116. The van der Waals surface area contributed by atoms with E-state index in [9.17, 15) is 4.79 Å². The number of aromatic nitrogens is 1. The zero-order valence-electron chi connectivity index (χ0n) is 18.0. The van der Waals surface area contributed by atoms with Gasteiger partial charge in [-0.25, -0.2) is 4.79 Å². The summed E-state index contributed by atoms with van der Waals surface area (Å²) >= 11 is 3.64. The van der Waals surface area contributed by atoms with Crippen LogP contribution in [0.4, 0.5) is 10.5 Å². The molecule has 2 aliphatic rings. The fourth-order valence-electron chi connectivity index (χ4n) is 4.97. The number of carbonyl (C=O) groups is 1. The van der Waals surface area contributed by atoms with Crippen LogP contribution in [0.2, 0.25) is 0 Å². The maximum Gasteiger partial charge on any atom is 0.323 e. The average Bonchev–Trinajstić information content (AvgIpc) is 3.55. The number of thiophene rings is 2. The first kappa shape index (κ1) is 19.8. The molecular weight excluding hydrogens is 434 g/mol. The number of nitrogens with one attached hydrogen (secondary N) is 1. The molecule has 162 valence electrons. The van der Waals surface area contributed by atoms with Crippen LogP contribution in [0.15, 0.2) is 60.1 Å². The van der Waals surface area contributed by atoms with E-state index in [4.69, 9.17) is 0 Å². The summed E-state index contributed by atoms with van der Waals surface area (Å²) < 4.78 is 2.34. The lowest BCUT2D eigenvalue weighted by molar-refractivity contribution is 0.195. The first-order valence-corrected chi connectivity index (χ1v) is 12.9. The van der Waals surface area contributed by atoms with Gasteiger partial charge >= 0.3 is 6.03 Å². The van der Waals surface area contributed by atoms with Crippen molar-refractivity contribution in [3.05, 3.63) is 92.2 Å². The zero-order valence-corrected chi connectivity index (χ0v) is 19.6. The summed E-state index contributed by atoms with van der Waals surface area (Å²) in [6.45, 7) is 2.69. The zero-order chi connectivity index (χ0) is 21.7. The Labute approximate surface area is 196 Å². The molecule has 0 radical (unpaired) electrons. The third-order valence-corrected chi connectivity index (χ3v) is 8.81. The topological polar surface area (TPSA) is 37.3 Å². The third-order valence-electron chi connectivity index (χ3n) is 6.56. The van der Waals surface area contributed by atoms with E-state index in [0.717, 1.165) is 24.2 Å². The van der Waals surface area contributed by atoms with E-state index in [2.05, 4.69) is 52.7 Å². The first-order valence-electron chi connectivity index (χ1n) is 11.2. The fraction of sp³-hybridized carbons (Fsp3) is 0.269. The lowest BCUT2D eigenvalue weighted by atomic mass is 9.95. The van der Waals surface area contributed by atoms with Crippen molar-refractivity contribution in [2.45, 2.75) is 45.2 Å². The molecule has 0 saturated heterocycles. The van der Waals surface area contributed by atoms with Gasteiger partial charge in [0.15, 0.2) is 0 Å². The number of hydrogen-bond acceptors (Lipinski definition) is 3. The molecule has 0 fully saturated rings. The first-order chi connectivity index (χ1) is 15.7. The van der Waals surface area contributed by atoms with Gasteiger partial charge in [-0.05, 0) is 73.9 Å². The number of benzene rings is 1. The predicted molar refractivity (Wildman–Crippen MR) is 132 cm³/mol. The van der Waals surface area contributed by atoms with E-state index in [-0.39, 0.29) is 12.1 Å². The van der Waals surface area contributed by atoms with E-state index in [1.165, 1.54) is 44.3 Å². The second-order valence-corrected chi connectivity index (χ2v) is 10.7. The summed E-state index contributed by atoms with van der Waals surface area (Å²) in [6.07, 6.45) is 6.94. The van der Waals surface area contributed by atoms with E-state index in [0.29, 0.717) is 6.54 Å². The van der Waals surface area contributed by atoms with Crippen LogP contribution in [-0.4, -0.2) is 15.5 Å². The van der Waals surface area contributed by atoms with Crippen LogP contribution in [0, 0.1) is 6.92 Å². The summed E-state index contributed by atoms with van der Waals surface area (Å²) in [5.74, 6) is 0. The number of urea groups is 1. The Hall–Kier alpha value is -2.83. The van der Waals surface area contributed by atoms with Crippen molar-refractivity contribution in [1.82, 2.24) is 9.47 Å². The molecule has 1 aliphatic carbocycles. The van der Waals surface area contributed by atoms with Crippen LogP contribution in [0.3, 0.4) is 0 Å². The summed E-state index contributed by atoms with van der Waals surface area (Å²) in [5.41, 5.74) is 5.99. The molecular formula is C26H25N3OS2. The van der Waals surface area contributed by atoms with E-state index in [1.807, 2.05) is 40.5 Å². The van der Waals surface area contributed by atoms with Crippen molar-refractivity contribution >= 4 is 34.4 Å². The molecule has 0 unspecified atom stereocenters. The highest BCUT2D eigenvalue weighted by Crippen LogP contribution is 2.44. The van der Waals surface area contributed by atoms with Crippen molar-refractivity contribution in [3.63, 3.8) is 0 Å². The second-order valence-electron chi connectivity index (χ2n) is 8.64. The summed E-state index contributed by atoms with van der Waals surface area (Å²) in [4.78, 5) is 18.5. The van der Waals surface area contributed by atoms with Crippen molar-refractivity contribution in [3.8, 4) is 5.00 Å². The highest BCUT2D eigenvalue weighted by Gasteiger charge is 2.36. The lowest BCUT2D eigenvalue weighted by Gasteiger charge is -2.30. The molecule has 1 atom stereocenters. The van der Waals surface area contributed by atoms with Gasteiger partial charge in [-0.3, -0.25) is 0 Å². The molecule has 32 heavy (non-hydrogen) atoms. The lowest BCUT2D eigenvalue weighted by Crippen LogP contribution is -2.37. The minimum Gasteiger partial charge on any atom is -0.310 e. The van der Waals surface area contributed by atoms with Gasteiger partial charge in [0.05, 0.1) is 12.2 Å². The summed E-state index contributed by atoms with van der Waals surface area (Å²) in [6, 6.07) is 16.4. The number of rotatable bonds is 2. The predicted octanol–water partition coefficient (Wildman–Crippen LogP) is 6.92. The number of amides is 2. The van der Waals surface area contributed by atoms with Crippen LogP contribution < -0.4 is 5.32 Å². The smallest absolute Gasteiger partial charge is 0.310 e. The molecule has 0 saturated carbocycles. The molecule has 4 aromatic rings. The van der Waals surface area contributed by atoms with Crippen LogP contribution in [-0.2, 0) is 19.4 Å². The van der Waals surface area contributed by atoms with E-state index >= 15 is 0 Å². The quantitative estimate of drug-likeness (QED) is 0.347. The highest BCUT2D eigenvalue weighted by molar-refractivity contribution is 7.15. The number of carbonyl (C=O) groups excluding carboxylic acids is 1. The Kier molecular flexibility index (Phi) is 4.92. The van der Waals surface area contributed by atoms with Crippen LogP contribution >= 0.6 is 22.7 Å². The molecule has 0 spiro atoms. The van der Waals surface area contributed by atoms with Crippen LogP contribution in [0.25, 0.3) is 5.00 Å². The van der Waals surface area contributed by atoms with Crippen molar-refractivity contribution in [2.75, 3.05) is 5.32 Å². The SMILES string of the molecule is Cc1ccc(NC(=O)N2Cc3c(sc4c3CCCC4)-n3cccc3[C@H]2c2cccs2)cc1. The Bertz CT molecular complexity index is 1270. The molecule has 4 heterocycles. The molecule has 2 amide bonds. The van der Waals surface area contributed by atoms with Crippen molar-refractivity contribution < 1.29 is 4.79 Å². The third kappa shape index (κ3) is 3.29. The van der Waals surface area contributed by atoms with Gasteiger partial charge in [-0.1, -0.05) is 23.8 Å². The minimum absolute atomic E-state index is 0.0522. The number of anilines is 1. The van der Waals surface area contributed by atoms with Gasteiger partial charge in [0.2, 0.25) is 0 Å². The van der Waals surface area contributed by atoms with Gasteiger partial charge in [0.25, 0.3) is 0 Å². The van der Waals surface area contributed by atoms with Crippen LogP contribution in [0.1, 0.15) is 51.0 Å². The van der Waals surface area contributed by atoms with Crippen molar-refractivity contribution in [1.29, 1.82) is 0 Å². The Morgan fingerprint density at radius 2 is 1.88 bits per heavy atom. The molecule has 1 aliphatic heterocycles. The van der Waals surface area contributed by atoms with Gasteiger partial charge in [-0.2, -0.15) is 0 Å². The van der Waals surface area contributed by atoms with E-state index < -0.39 is 0 Å². The molecule has 4 nitrogen and oxygen atoms in total. The van der Waals surface area contributed by atoms with E-state index in [1.54, 1.807) is 11.3 Å².